The highest BCUT2D eigenvalue weighted by Crippen LogP contribution is 1.96. The lowest BCUT2D eigenvalue weighted by Crippen LogP contribution is -2.02. The summed E-state index contributed by atoms with van der Waals surface area (Å²) < 4.78 is 0. The molecule has 3 heteroatoms. The van der Waals surface area contributed by atoms with E-state index >= 15 is 0 Å². The van der Waals surface area contributed by atoms with E-state index in [-0.39, 0.29) is 5.92 Å². The van der Waals surface area contributed by atoms with Crippen molar-refractivity contribution >= 4 is 12.5 Å². The summed E-state index contributed by atoms with van der Waals surface area (Å²) in [4.78, 5) is 14.3. The van der Waals surface area contributed by atoms with Crippen LogP contribution in [0.15, 0.2) is 5.16 Å². The molecule has 0 aromatic heterocycles. The third-order valence-electron chi connectivity index (χ3n) is 0.769. The minimum Gasteiger partial charge on any atom is -0.395 e. The van der Waals surface area contributed by atoms with Crippen LogP contribution in [-0.4, -0.2) is 19.1 Å². The van der Waals surface area contributed by atoms with Crippen molar-refractivity contribution in [3.05, 3.63) is 0 Å². The zero-order chi connectivity index (χ0) is 5.11. The molecule has 0 aromatic rings. The Morgan fingerprint density at radius 1 is 2.00 bits per heavy atom. The summed E-state index contributed by atoms with van der Waals surface area (Å²) >= 11 is 0. The van der Waals surface area contributed by atoms with Crippen LogP contribution < -0.4 is 0 Å². The van der Waals surface area contributed by atoms with E-state index in [2.05, 4.69) is 9.99 Å². The lowest BCUT2D eigenvalue weighted by molar-refractivity contribution is -0.110. The molecule has 0 bridgehead atoms. The number of rotatable bonds is 1. The molecule has 38 valence electrons. The highest BCUT2D eigenvalue weighted by Gasteiger charge is 2.08. The maximum Gasteiger partial charge on any atom is 0.132 e. The van der Waals surface area contributed by atoms with Gasteiger partial charge in [-0.2, -0.15) is 0 Å². The Kier molecular flexibility index (Phi) is 1.06. The average Bonchev–Trinajstić information content (AvgIpc) is 2.14. The first kappa shape index (κ1) is 4.30. The summed E-state index contributed by atoms with van der Waals surface area (Å²) in [5.74, 6) is -0.0972. The second-order valence-electron chi connectivity index (χ2n) is 1.35. The Morgan fingerprint density at radius 3 is 3.14 bits per heavy atom. The molecule has 1 heterocycles. The van der Waals surface area contributed by atoms with E-state index < -0.39 is 0 Å². The molecule has 3 nitrogen and oxygen atoms in total. The van der Waals surface area contributed by atoms with E-state index in [1.807, 2.05) is 0 Å². The van der Waals surface area contributed by atoms with Crippen molar-refractivity contribution in [2.24, 2.45) is 11.1 Å². The first-order chi connectivity index (χ1) is 3.43. The molecular weight excluding hydrogens is 94.0 g/mol. The van der Waals surface area contributed by atoms with Crippen LogP contribution in [0.3, 0.4) is 0 Å². The third-order valence-corrected chi connectivity index (χ3v) is 0.769. The highest BCUT2D eigenvalue weighted by molar-refractivity contribution is 5.81. The SMILES string of the molecule is O=CC1C=NOC1. The van der Waals surface area contributed by atoms with Gasteiger partial charge in [0.15, 0.2) is 0 Å². The standard InChI is InChI=1S/C4H5NO2/c6-2-4-1-5-7-3-4/h1-2,4H,3H2. The minimum absolute atomic E-state index is 0.0972. The predicted molar refractivity (Wildman–Crippen MR) is 24.0 cm³/mol. The van der Waals surface area contributed by atoms with Crippen molar-refractivity contribution in [2.45, 2.75) is 0 Å². The van der Waals surface area contributed by atoms with Gasteiger partial charge >= 0.3 is 0 Å². The molecule has 0 saturated heterocycles. The normalized spacial score (nSPS) is 27.1. The van der Waals surface area contributed by atoms with Crippen molar-refractivity contribution in [2.75, 3.05) is 6.61 Å². The van der Waals surface area contributed by atoms with E-state index in [1.165, 1.54) is 6.21 Å². The zero-order valence-corrected chi connectivity index (χ0v) is 3.70. The molecule has 1 rings (SSSR count). The summed E-state index contributed by atoms with van der Waals surface area (Å²) in [5.41, 5.74) is 0. The van der Waals surface area contributed by atoms with Gasteiger partial charge in [0.1, 0.15) is 12.9 Å². The van der Waals surface area contributed by atoms with E-state index in [1.54, 1.807) is 0 Å². The van der Waals surface area contributed by atoms with Crippen molar-refractivity contribution in [3.63, 3.8) is 0 Å². The van der Waals surface area contributed by atoms with Crippen LogP contribution in [0.25, 0.3) is 0 Å². The molecule has 0 aliphatic carbocycles. The lowest BCUT2D eigenvalue weighted by atomic mass is 10.2. The molecular formula is C4H5NO2. The second kappa shape index (κ2) is 1.73. The Balaban J connectivity index is 2.42. The second-order valence-corrected chi connectivity index (χ2v) is 1.35. The highest BCUT2D eigenvalue weighted by atomic mass is 16.6. The van der Waals surface area contributed by atoms with Crippen molar-refractivity contribution in [3.8, 4) is 0 Å². The van der Waals surface area contributed by atoms with Crippen molar-refractivity contribution in [1.82, 2.24) is 0 Å². The molecule has 7 heavy (non-hydrogen) atoms. The van der Waals surface area contributed by atoms with Gasteiger partial charge < -0.3 is 9.63 Å². The number of oxime groups is 1. The molecule has 0 spiro atoms. The van der Waals surface area contributed by atoms with Crippen molar-refractivity contribution < 1.29 is 9.63 Å². The predicted octanol–water partition coefficient (Wildman–Crippen LogP) is -0.183. The fraction of sp³-hybridized carbons (Fsp3) is 0.500. The van der Waals surface area contributed by atoms with Crippen LogP contribution in [0.1, 0.15) is 0 Å². The molecule has 1 unspecified atom stereocenters. The molecule has 1 atom stereocenters. The molecule has 0 aromatic carbocycles. The maximum absolute atomic E-state index is 9.84. The molecule has 0 amide bonds. The van der Waals surface area contributed by atoms with E-state index in [4.69, 9.17) is 0 Å². The van der Waals surface area contributed by atoms with Crippen LogP contribution in [0.5, 0.6) is 0 Å². The Bertz CT molecular complexity index is 99.9. The average molecular weight is 99.1 g/mol. The number of carbonyl (C=O) groups is 1. The van der Waals surface area contributed by atoms with E-state index in [0.29, 0.717) is 6.61 Å². The van der Waals surface area contributed by atoms with Gasteiger partial charge in [-0.1, -0.05) is 5.16 Å². The van der Waals surface area contributed by atoms with Crippen LogP contribution >= 0.6 is 0 Å². The molecule has 0 saturated carbocycles. The van der Waals surface area contributed by atoms with Gasteiger partial charge in [-0.05, 0) is 0 Å². The molecule has 1 aliphatic rings. The summed E-state index contributed by atoms with van der Waals surface area (Å²) in [5, 5.41) is 3.38. The van der Waals surface area contributed by atoms with Crippen molar-refractivity contribution in [1.29, 1.82) is 0 Å². The van der Waals surface area contributed by atoms with Gasteiger partial charge in [0, 0.05) is 0 Å². The monoisotopic (exact) mass is 99.0 g/mol. The van der Waals surface area contributed by atoms with Crippen LogP contribution in [0, 0.1) is 5.92 Å². The molecule has 0 fully saturated rings. The first-order valence-corrected chi connectivity index (χ1v) is 2.04. The first-order valence-electron chi connectivity index (χ1n) is 2.04. The van der Waals surface area contributed by atoms with Gasteiger partial charge in [0.2, 0.25) is 0 Å². The minimum atomic E-state index is -0.0972. The van der Waals surface area contributed by atoms with E-state index in [0.717, 1.165) is 6.29 Å². The van der Waals surface area contributed by atoms with Crippen LogP contribution in [-0.2, 0) is 9.63 Å². The fourth-order valence-electron chi connectivity index (χ4n) is 0.368. The number of nitrogens with zero attached hydrogens (tertiary/aromatic N) is 1. The molecule has 1 aliphatic heterocycles. The lowest BCUT2D eigenvalue weighted by Gasteiger charge is -1.85. The zero-order valence-electron chi connectivity index (χ0n) is 3.70. The van der Waals surface area contributed by atoms with Gasteiger partial charge in [-0.25, -0.2) is 0 Å². The Morgan fingerprint density at radius 2 is 2.86 bits per heavy atom. The summed E-state index contributed by atoms with van der Waals surface area (Å²) in [7, 11) is 0. The van der Waals surface area contributed by atoms with Crippen LogP contribution in [0.4, 0.5) is 0 Å². The number of hydrogen-bond donors (Lipinski definition) is 0. The third kappa shape index (κ3) is 0.765. The fourth-order valence-corrected chi connectivity index (χ4v) is 0.368. The van der Waals surface area contributed by atoms with Gasteiger partial charge in [0.05, 0.1) is 12.1 Å². The largest absolute Gasteiger partial charge is 0.395 e. The van der Waals surface area contributed by atoms with E-state index in [9.17, 15) is 4.79 Å². The Labute approximate surface area is 41.0 Å². The van der Waals surface area contributed by atoms with Gasteiger partial charge in [-0.15, -0.1) is 0 Å². The maximum atomic E-state index is 9.84. The molecule has 0 radical (unpaired) electrons. The summed E-state index contributed by atoms with van der Waals surface area (Å²) in [6, 6.07) is 0. The smallest absolute Gasteiger partial charge is 0.132 e. The summed E-state index contributed by atoms with van der Waals surface area (Å²) in [6.07, 6.45) is 2.31. The topological polar surface area (TPSA) is 38.7 Å². The van der Waals surface area contributed by atoms with Gasteiger partial charge in [-0.3, -0.25) is 0 Å². The van der Waals surface area contributed by atoms with Crippen LogP contribution in [0.2, 0.25) is 0 Å². The number of carbonyl (C=O) groups excluding carboxylic acids is 1. The molecule has 0 N–H and O–H groups in total. The Hall–Kier alpha value is -0.860. The number of hydrogen-bond acceptors (Lipinski definition) is 3. The number of aldehydes is 1. The van der Waals surface area contributed by atoms with Gasteiger partial charge in [0.25, 0.3) is 0 Å². The quantitative estimate of drug-likeness (QED) is 0.427. The summed E-state index contributed by atoms with van der Waals surface area (Å²) in [6.45, 7) is 0.420.